The fourth-order valence-electron chi connectivity index (χ4n) is 1.83. The standard InChI is InChI=1S/C13H14N4O4/c14-10(18)8(6-9-12(20)17-13(21)16-9)15-11(19)7-4-2-1-3-5-7/h1-5,8,13,21H,6H2,(H2,14,18)(H,15,19)(H,17,20). The molecule has 0 aliphatic carbocycles. The van der Waals surface area contributed by atoms with Gasteiger partial charge in [-0.15, -0.1) is 0 Å². The molecule has 1 aliphatic heterocycles. The Morgan fingerprint density at radius 2 is 2.05 bits per heavy atom. The second kappa shape index (κ2) is 6.14. The van der Waals surface area contributed by atoms with E-state index in [9.17, 15) is 14.4 Å². The lowest BCUT2D eigenvalue weighted by Crippen LogP contribution is -2.46. The van der Waals surface area contributed by atoms with Gasteiger partial charge in [0.15, 0.2) is 0 Å². The van der Waals surface area contributed by atoms with E-state index >= 15 is 0 Å². The van der Waals surface area contributed by atoms with E-state index < -0.39 is 30.1 Å². The molecule has 2 unspecified atom stereocenters. The van der Waals surface area contributed by atoms with Crippen LogP contribution >= 0.6 is 0 Å². The van der Waals surface area contributed by atoms with Crippen molar-refractivity contribution >= 4 is 23.4 Å². The van der Waals surface area contributed by atoms with Crippen LogP contribution in [0.4, 0.5) is 0 Å². The maximum atomic E-state index is 12.0. The number of primary amides is 1. The molecule has 0 aromatic heterocycles. The number of carbonyl (C=O) groups excluding carboxylic acids is 3. The van der Waals surface area contributed by atoms with Crippen molar-refractivity contribution in [3.05, 3.63) is 35.9 Å². The largest absolute Gasteiger partial charge is 0.368 e. The van der Waals surface area contributed by atoms with Gasteiger partial charge in [-0.25, -0.2) is 4.99 Å². The number of carbonyl (C=O) groups is 3. The zero-order valence-electron chi connectivity index (χ0n) is 10.9. The highest BCUT2D eigenvalue weighted by Gasteiger charge is 2.28. The van der Waals surface area contributed by atoms with Gasteiger partial charge in [0.25, 0.3) is 11.8 Å². The molecule has 0 radical (unpaired) electrons. The summed E-state index contributed by atoms with van der Waals surface area (Å²) >= 11 is 0. The average Bonchev–Trinajstić information content (AvgIpc) is 2.77. The Labute approximate surface area is 120 Å². The van der Waals surface area contributed by atoms with Gasteiger partial charge in [0, 0.05) is 12.0 Å². The van der Waals surface area contributed by atoms with Crippen LogP contribution in [0.1, 0.15) is 16.8 Å². The summed E-state index contributed by atoms with van der Waals surface area (Å²) in [5.74, 6) is -1.88. The predicted molar refractivity (Wildman–Crippen MR) is 73.1 cm³/mol. The van der Waals surface area contributed by atoms with Gasteiger partial charge in [-0.05, 0) is 12.1 Å². The Balaban J connectivity index is 2.07. The molecule has 21 heavy (non-hydrogen) atoms. The average molecular weight is 290 g/mol. The van der Waals surface area contributed by atoms with Gasteiger partial charge in [0.1, 0.15) is 11.8 Å². The first-order chi connectivity index (χ1) is 9.97. The van der Waals surface area contributed by atoms with Gasteiger partial charge in [-0.2, -0.15) is 0 Å². The van der Waals surface area contributed by atoms with Crippen LogP contribution in [0, 0.1) is 0 Å². The molecule has 0 fully saturated rings. The molecule has 3 amide bonds. The summed E-state index contributed by atoms with van der Waals surface area (Å²) in [5, 5.41) is 13.7. The predicted octanol–water partition coefficient (Wildman–Crippen LogP) is -1.49. The number of aliphatic imine (C=N–C) groups is 1. The molecule has 0 saturated heterocycles. The molecule has 2 atom stereocenters. The molecule has 0 bridgehead atoms. The Morgan fingerprint density at radius 3 is 2.57 bits per heavy atom. The molecule has 1 heterocycles. The van der Waals surface area contributed by atoms with E-state index in [-0.39, 0.29) is 12.1 Å². The molecule has 0 saturated carbocycles. The lowest BCUT2D eigenvalue weighted by molar-refractivity contribution is -0.119. The normalized spacial score (nSPS) is 18.6. The van der Waals surface area contributed by atoms with Crippen molar-refractivity contribution in [2.75, 3.05) is 0 Å². The van der Waals surface area contributed by atoms with Crippen LogP contribution < -0.4 is 16.4 Å². The van der Waals surface area contributed by atoms with Crippen molar-refractivity contribution in [3.63, 3.8) is 0 Å². The Morgan fingerprint density at radius 1 is 1.38 bits per heavy atom. The fraction of sp³-hybridized carbons (Fsp3) is 0.231. The summed E-state index contributed by atoms with van der Waals surface area (Å²) < 4.78 is 0. The Hall–Kier alpha value is -2.74. The van der Waals surface area contributed by atoms with E-state index in [1.807, 2.05) is 0 Å². The molecule has 5 N–H and O–H groups in total. The first-order valence-electron chi connectivity index (χ1n) is 6.18. The minimum atomic E-state index is -1.33. The Kier molecular flexibility index (Phi) is 4.29. The molecular formula is C13H14N4O4. The summed E-state index contributed by atoms with van der Waals surface area (Å²) in [6, 6.07) is 7.18. The molecule has 1 aromatic rings. The van der Waals surface area contributed by atoms with Crippen LogP contribution in [0.3, 0.4) is 0 Å². The van der Waals surface area contributed by atoms with E-state index in [4.69, 9.17) is 10.8 Å². The quantitative estimate of drug-likeness (QED) is 0.525. The highest BCUT2D eigenvalue weighted by molar-refractivity contribution is 6.40. The molecule has 110 valence electrons. The third-order valence-electron chi connectivity index (χ3n) is 2.88. The Bertz CT molecular complexity index is 599. The maximum Gasteiger partial charge on any atom is 0.268 e. The molecule has 1 aliphatic rings. The summed E-state index contributed by atoms with van der Waals surface area (Å²) in [7, 11) is 0. The second-order valence-electron chi connectivity index (χ2n) is 4.42. The SMILES string of the molecule is NC(=O)C(CC1=NC(O)NC1=O)NC(=O)c1ccccc1. The van der Waals surface area contributed by atoms with Crippen LogP contribution in [0.2, 0.25) is 0 Å². The first-order valence-corrected chi connectivity index (χ1v) is 6.18. The third kappa shape index (κ3) is 3.63. The molecule has 1 aromatic carbocycles. The molecule has 8 heteroatoms. The first kappa shape index (κ1) is 14.7. The van der Waals surface area contributed by atoms with Crippen LogP contribution in [-0.4, -0.2) is 40.9 Å². The second-order valence-corrected chi connectivity index (χ2v) is 4.42. The van der Waals surface area contributed by atoms with Crippen LogP contribution in [0.5, 0.6) is 0 Å². The summed E-state index contributed by atoms with van der Waals surface area (Å²) in [6.45, 7) is 0. The number of hydrogen-bond donors (Lipinski definition) is 4. The zero-order valence-corrected chi connectivity index (χ0v) is 10.9. The van der Waals surface area contributed by atoms with Crippen LogP contribution in [-0.2, 0) is 9.59 Å². The van der Waals surface area contributed by atoms with Crippen LogP contribution in [0.25, 0.3) is 0 Å². The van der Waals surface area contributed by atoms with Gasteiger partial charge in [0.05, 0.1) is 0 Å². The number of aliphatic hydroxyl groups excluding tert-OH is 1. The van der Waals surface area contributed by atoms with Crippen LogP contribution in [0.15, 0.2) is 35.3 Å². The van der Waals surface area contributed by atoms with Crippen molar-refractivity contribution in [2.45, 2.75) is 18.8 Å². The van der Waals surface area contributed by atoms with E-state index in [2.05, 4.69) is 15.6 Å². The smallest absolute Gasteiger partial charge is 0.268 e. The summed E-state index contributed by atoms with van der Waals surface area (Å²) in [4.78, 5) is 38.4. The third-order valence-corrected chi connectivity index (χ3v) is 2.88. The summed E-state index contributed by atoms with van der Waals surface area (Å²) in [6.07, 6.45) is -1.51. The van der Waals surface area contributed by atoms with Gasteiger partial charge in [0.2, 0.25) is 12.3 Å². The number of aliphatic hydroxyl groups is 1. The molecular weight excluding hydrogens is 276 g/mol. The number of rotatable bonds is 5. The van der Waals surface area contributed by atoms with Crippen molar-refractivity contribution < 1.29 is 19.5 Å². The van der Waals surface area contributed by atoms with Crippen molar-refractivity contribution in [2.24, 2.45) is 10.7 Å². The number of nitrogens with two attached hydrogens (primary N) is 1. The molecule has 8 nitrogen and oxygen atoms in total. The summed E-state index contributed by atoms with van der Waals surface area (Å²) in [5.41, 5.74) is 5.54. The minimum Gasteiger partial charge on any atom is -0.368 e. The highest BCUT2D eigenvalue weighted by Crippen LogP contribution is 2.05. The minimum absolute atomic E-state index is 0.0420. The van der Waals surface area contributed by atoms with Gasteiger partial charge in [-0.3, -0.25) is 14.4 Å². The fourth-order valence-corrected chi connectivity index (χ4v) is 1.83. The number of benzene rings is 1. The molecule has 0 spiro atoms. The van der Waals surface area contributed by atoms with E-state index in [1.54, 1.807) is 30.3 Å². The van der Waals surface area contributed by atoms with Crippen molar-refractivity contribution in [3.8, 4) is 0 Å². The van der Waals surface area contributed by atoms with Crippen molar-refractivity contribution in [1.82, 2.24) is 10.6 Å². The maximum absolute atomic E-state index is 12.0. The molecule has 2 rings (SSSR count). The van der Waals surface area contributed by atoms with Gasteiger partial charge < -0.3 is 21.5 Å². The number of nitrogens with one attached hydrogen (secondary N) is 2. The number of amides is 3. The lowest BCUT2D eigenvalue weighted by Gasteiger charge is -2.14. The van der Waals surface area contributed by atoms with E-state index in [0.717, 1.165) is 0 Å². The number of hydrogen-bond acceptors (Lipinski definition) is 5. The van der Waals surface area contributed by atoms with Gasteiger partial charge >= 0.3 is 0 Å². The number of nitrogens with zero attached hydrogens (tertiary/aromatic N) is 1. The zero-order chi connectivity index (χ0) is 15.4. The highest BCUT2D eigenvalue weighted by atomic mass is 16.3. The lowest BCUT2D eigenvalue weighted by atomic mass is 10.1. The van der Waals surface area contributed by atoms with E-state index in [1.165, 1.54) is 0 Å². The monoisotopic (exact) mass is 290 g/mol. The van der Waals surface area contributed by atoms with Gasteiger partial charge in [-0.1, -0.05) is 18.2 Å². The van der Waals surface area contributed by atoms with Crippen molar-refractivity contribution in [1.29, 1.82) is 0 Å². The van der Waals surface area contributed by atoms with E-state index in [0.29, 0.717) is 5.56 Å². The topological polar surface area (TPSA) is 134 Å².